The number of nitrogens with zero attached hydrogens (tertiary/aromatic N) is 1. The van der Waals surface area contributed by atoms with Crippen LogP contribution in [0.4, 0.5) is 0 Å². The van der Waals surface area contributed by atoms with Gasteiger partial charge >= 0.3 is 0 Å². The second-order valence-electron chi connectivity index (χ2n) is 5.70. The molecule has 1 amide bonds. The zero-order valence-electron chi connectivity index (χ0n) is 12.0. The normalized spacial score (nSPS) is 23.2. The van der Waals surface area contributed by atoms with Gasteiger partial charge in [-0.2, -0.15) is 0 Å². The Kier molecular flexibility index (Phi) is 4.25. The molecule has 3 nitrogen and oxygen atoms in total. The van der Waals surface area contributed by atoms with Crippen LogP contribution in [0.1, 0.15) is 47.2 Å². The molecule has 1 N–H and O–H groups in total. The molecular weight excluding hydrogens is 238 g/mol. The minimum Gasteiger partial charge on any atom is -0.393 e. The van der Waals surface area contributed by atoms with Gasteiger partial charge in [0.1, 0.15) is 0 Å². The highest BCUT2D eigenvalue weighted by atomic mass is 16.3. The maximum Gasteiger partial charge on any atom is 0.254 e. The lowest BCUT2D eigenvalue weighted by Gasteiger charge is -2.33. The number of benzene rings is 1. The zero-order chi connectivity index (χ0) is 14.0. The number of hydrogen-bond acceptors (Lipinski definition) is 2. The number of carbonyl (C=O) groups is 1. The predicted molar refractivity (Wildman–Crippen MR) is 76.3 cm³/mol. The standard InChI is InChI=1S/C16H23NO2/c1-11-4-9-15(12(2)10-11)16(19)17(3)13-5-7-14(18)8-6-13/h4,9-10,13-14,18H,5-8H2,1-3H3. The third kappa shape index (κ3) is 3.16. The Morgan fingerprint density at radius 3 is 2.42 bits per heavy atom. The smallest absolute Gasteiger partial charge is 0.254 e. The molecular formula is C16H23NO2. The van der Waals surface area contributed by atoms with Crippen LogP contribution in [0.2, 0.25) is 0 Å². The highest BCUT2D eigenvalue weighted by Gasteiger charge is 2.26. The first kappa shape index (κ1) is 14.1. The van der Waals surface area contributed by atoms with Gasteiger partial charge in [0, 0.05) is 18.7 Å². The van der Waals surface area contributed by atoms with Gasteiger partial charge in [-0.15, -0.1) is 0 Å². The number of aliphatic hydroxyl groups excluding tert-OH is 1. The fraction of sp³-hybridized carbons (Fsp3) is 0.562. The first-order chi connectivity index (χ1) is 8.99. The van der Waals surface area contributed by atoms with Gasteiger partial charge < -0.3 is 10.0 Å². The van der Waals surface area contributed by atoms with E-state index in [0.29, 0.717) is 0 Å². The second-order valence-corrected chi connectivity index (χ2v) is 5.70. The van der Waals surface area contributed by atoms with Crippen molar-refractivity contribution in [2.45, 2.75) is 51.7 Å². The Balaban J connectivity index is 2.10. The van der Waals surface area contributed by atoms with Crippen molar-refractivity contribution in [3.05, 3.63) is 34.9 Å². The molecule has 104 valence electrons. The van der Waals surface area contributed by atoms with Crippen LogP contribution in [-0.4, -0.2) is 35.1 Å². The Morgan fingerprint density at radius 1 is 1.21 bits per heavy atom. The van der Waals surface area contributed by atoms with Gasteiger partial charge in [-0.1, -0.05) is 17.7 Å². The van der Waals surface area contributed by atoms with Crippen LogP contribution >= 0.6 is 0 Å². The summed E-state index contributed by atoms with van der Waals surface area (Å²) in [5.74, 6) is 0.0962. The van der Waals surface area contributed by atoms with E-state index in [1.165, 1.54) is 5.56 Å². The van der Waals surface area contributed by atoms with Crippen molar-refractivity contribution in [1.82, 2.24) is 4.90 Å². The maximum absolute atomic E-state index is 12.5. The Morgan fingerprint density at radius 2 is 1.84 bits per heavy atom. The second kappa shape index (κ2) is 5.74. The van der Waals surface area contributed by atoms with Crippen LogP contribution in [-0.2, 0) is 0 Å². The molecule has 1 aromatic carbocycles. The van der Waals surface area contributed by atoms with Gasteiger partial charge in [0.05, 0.1) is 6.10 Å². The minimum atomic E-state index is -0.180. The Labute approximate surface area is 115 Å². The van der Waals surface area contributed by atoms with Crippen molar-refractivity contribution in [3.63, 3.8) is 0 Å². The van der Waals surface area contributed by atoms with Gasteiger partial charge in [-0.25, -0.2) is 0 Å². The van der Waals surface area contributed by atoms with Gasteiger partial charge in [0.25, 0.3) is 5.91 Å². The molecule has 0 aliphatic heterocycles. The van der Waals surface area contributed by atoms with E-state index in [0.717, 1.165) is 36.8 Å². The molecule has 0 spiro atoms. The molecule has 1 saturated carbocycles. The van der Waals surface area contributed by atoms with Crippen molar-refractivity contribution in [3.8, 4) is 0 Å². The largest absolute Gasteiger partial charge is 0.393 e. The summed E-state index contributed by atoms with van der Waals surface area (Å²) < 4.78 is 0. The third-order valence-electron chi connectivity index (χ3n) is 4.15. The SMILES string of the molecule is Cc1ccc(C(=O)N(C)C2CCC(O)CC2)c(C)c1. The average molecular weight is 261 g/mol. The topological polar surface area (TPSA) is 40.5 Å². The number of aliphatic hydroxyl groups is 1. The van der Waals surface area contributed by atoms with E-state index in [2.05, 4.69) is 0 Å². The first-order valence-corrected chi connectivity index (χ1v) is 7.01. The summed E-state index contributed by atoms with van der Waals surface area (Å²) in [7, 11) is 1.88. The molecule has 0 atom stereocenters. The first-order valence-electron chi connectivity index (χ1n) is 7.01. The minimum absolute atomic E-state index is 0.0962. The maximum atomic E-state index is 12.5. The Bertz CT molecular complexity index is 462. The summed E-state index contributed by atoms with van der Waals surface area (Å²) in [6.45, 7) is 4.02. The highest BCUT2D eigenvalue weighted by Crippen LogP contribution is 2.24. The van der Waals surface area contributed by atoms with Crippen LogP contribution < -0.4 is 0 Å². The van der Waals surface area contributed by atoms with Crippen molar-refractivity contribution in [1.29, 1.82) is 0 Å². The van der Waals surface area contributed by atoms with E-state index in [9.17, 15) is 9.90 Å². The molecule has 0 aromatic heterocycles. The molecule has 1 fully saturated rings. The molecule has 19 heavy (non-hydrogen) atoms. The van der Waals surface area contributed by atoms with E-state index < -0.39 is 0 Å². The molecule has 0 saturated heterocycles. The summed E-state index contributed by atoms with van der Waals surface area (Å²) in [5, 5.41) is 9.54. The van der Waals surface area contributed by atoms with Gasteiger partial charge in [0.2, 0.25) is 0 Å². The number of rotatable bonds is 2. The molecule has 1 aliphatic rings. The van der Waals surface area contributed by atoms with Crippen molar-refractivity contribution in [2.24, 2.45) is 0 Å². The molecule has 2 rings (SSSR count). The van der Waals surface area contributed by atoms with E-state index in [-0.39, 0.29) is 18.1 Å². The molecule has 3 heteroatoms. The summed E-state index contributed by atoms with van der Waals surface area (Å²) in [4.78, 5) is 14.4. The van der Waals surface area contributed by atoms with Crippen molar-refractivity contribution < 1.29 is 9.90 Å². The quantitative estimate of drug-likeness (QED) is 0.889. The van der Waals surface area contributed by atoms with Crippen molar-refractivity contribution in [2.75, 3.05) is 7.05 Å². The number of amides is 1. The summed E-state index contributed by atoms with van der Waals surface area (Å²) >= 11 is 0. The van der Waals surface area contributed by atoms with Gasteiger partial charge in [-0.3, -0.25) is 4.79 Å². The summed E-state index contributed by atoms with van der Waals surface area (Å²) in [6.07, 6.45) is 3.22. The highest BCUT2D eigenvalue weighted by molar-refractivity contribution is 5.95. The molecule has 0 radical (unpaired) electrons. The van der Waals surface area contributed by atoms with Crippen LogP contribution in [0.25, 0.3) is 0 Å². The Hall–Kier alpha value is -1.35. The monoisotopic (exact) mass is 261 g/mol. The lowest BCUT2D eigenvalue weighted by atomic mass is 9.91. The number of carbonyl (C=O) groups excluding carboxylic acids is 1. The third-order valence-corrected chi connectivity index (χ3v) is 4.15. The predicted octanol–water partition coefficient (Wildman–Crippen LogP) is 2.68. The molecule has 1 aromatic rings. The van der Waals surface area contributed by atoms with Crippen molar-refractivity contribution >= 4 is 5.91 Å². The number of aryl methyl sites for hydroxylation is 2. The lowest BCUT2D eigenvalue weighted by molar-refractivity contribution is 0.0569. The van der Waals surface area contributed by atoms with Crippen LogP contribution in [0.15, 0.2) is 18.2 Å². The van der Waals surface area contributed by atoms with Crippen LogP contribution in [0, 0.1) is 13.8 Å². The lowest BCUT2D eigenvalue weighted by Crippen LogP contribution is -2.40. The molecule has 0 bridgehead atoms. The van der Waals surface area contributed by atoms with Gasteiger partial charge in [-0.05, 0) is 51.2 Å². The van der Waals surface area contributed by atoms with E-state index in [4.69, 9.17) is 0 Å². The summed E-state index contributed by atoms with van der Waals surface area (Å²) in [5.41, 5.74) is 3.00. The van der Waals surface area contributed by atoms with E-state index >= 15 is 0 Å². The molecule has 0 unspecified atom stereocenters. The van der Waals surface area contributed by atoms with Crippen LogP contribution in [0.5, 0.6) is 0 Å². The average Bonchev–Trinajstić information content (AvgIpc) is 2.38. The van der Waals surface area contributed by atoms with Crippen LogP contribution in [0.3, 0.4) is 0 Å². The molecule has 1 aliphatic carbocycles. The zero-order valence-corrected chi connectivity index (χ0v) is 12.0. The van der Waals surface area contributed by atoms with E-state index in [1.807, 2.05) is 44.0 Å². The fourth-order valence-electron chi connectivity index (χ4n) is 2.85. The summed E-state index contributed by atoms with van der Waals surface area (Å²) in [6, 6.07) is 6.21. The number of hydrogen-bond donors (Lipinski definition) is 1. The van der Waals surface area contributed by atoms with Gasteiger partial charge in [0.15, 0.2) is 0 Å². The fourth-order valence-corrected chi connectivity index (χ4v) is 2.85. The molecule has 0 heterocycles. The van der Waals surface area contributed by atoms with E-state index in [1.54, 1.807) is 0 Å².